The van der Waals surface area contributed by atoms with Crippen LogP contribution in [0.3, 0.4) is 0 Å². The summed E-state index contributed by atoms with van der Waals surface area (Å²) in [5.74, 6) is 0. The largest absolute Gasteiger partial charge is 0.398 e. The number of aromatic amines is 1. The average Bonchev–Trinajstić information content (AvgIpc) is 2.90. The first-order valence-corrected chi connectivity index (χ1v) is 6.08. The Kier molecular flexibility index (Phi) is 4.25. The first-order valence-electron chi connectivity index (χ1n) is 6.08. The highest BCUT2D eigenvalue weighted by atomic mass is 15.3. The van der Waals surface area contributed by atoms with Crippen molar-refractivity contribution in [3.63, 3.8) is 0 Å². The summed E-state index contributed by atoms with van der Waals surface area (Å²) >= 11 is 0. The van der Waals surface area contributed by atoms with Crippen LogP contribution in [0, 0.1) is 0 Å². The van der Waals surface area contributed by atoms with Gasteiger partial charge in [-0.3, -0.25) is 4.98 Å². The Morgan fingerprint density at radius 2 is 2.33 bits per heavy atom. The molecule has 18 heavy (non-hydrogen) atoms. The molecule has 4 N–H and O–H groups in total. The maximum Gasteiger partial charge on any atom is 0.0997 e. The monoisotopic (exact) mass is 246 g/mol. The SMILES string of the molecule is CCCNC(Cc1cnccc1N)c1cn[nH]n1. The number of hydrogen-bond donors (Lipinski definition) is 3. The highest BCUT2D eigenvalue weighted by Crippen LogP contribution is 2.19. The van der Waals surface area contributed by atoms with Crippen LogP contribution in [-0.4, -0.2) is 26.9 Å². The zero-order chi connectivity index (χ0) is 12.8. The summed E-state index contributed by atoms with van der Waals surface area (Å²) in [5, 5.41) is 14.1. The van der Waals surface area contributed by atoms with Gasteiger partial charge in [0.25, 0.3) is 0 Å². The highest BCUT2D eigenvalue weighted by molar-refractivity contribution is 5.44. The second-order valence-corrected chi connectivity index (χ2v) is 4.18. The molecule has 0 radical (unpaired) electrons. The standard InChI is InChI=1S/C12H18N6/c1-2-4-15-11(12-8-16-18-17-12)6-9-7-14-5-3-10(9)13/h3,5,7-8,11,15H,2,4,6H2,1H3,(H2,13,14)(H,16,17,18). The Labute approximate surface area is 106 Å². The van der Waals surface area contributed by atoms with Crippen molar-refractivity contribution in [1.29, 1.82) is 0 Å². The second kappa shape index (κ2) is 6.11. The smallest absolute Gasteiger partial charge is 0.0997 e. The van der Waals surface area contributed by atoms with E-state index in [1.54, 1.807) is 18.6 Å². The molecule has 2 aromatic rings. The number of nitrogen functional groups attached to an aromatic ring is 1. The van der Waals surface area contributed by atoms with Gasteiger partial charge in [-0.25, -0.2) is 0 Å². The van der Waals surface area contributed by atoms with Crippen LogP contribution >= 0.6 is 0 Å². The minimum atomic E-state index is 0.107. The van der Waals surface area contributed by atoms with Crippen molar-refractivity contribution in [3.05, 3.63) is 35.9 Å². The topological polar surface area (TPSA) is 92.5 Å². The highest BCUT2D eigenvalue weighted by Gasteiger charge is 2.15. The summed E-state index contributed by atoms with van der Waals surface area (Å²) in [7, 11) is 0. The quantitative estimate of drug-likeness (QED) is 0.709. The van der Waals surface area contributed by atoms with Crippen LogP contribution in [0.2, 0.25) is 0 Å². The van der Waals surface area contributed by atoms with Gasteiger partial charge < -0.3 is 11.1 Å². The third kappa shape index (κ3) is 3.04. The van der Waals surface area contributed by atoms with E-state index >= 15 is 0 Å². The first kappa shape index (κ1) is 12.5. The van der Waals surface area contributed by atoms with Gasteiger partial charge in [0, 0.05) is 18.1 Å². The van der Waals surface area contributed by atoms with Crippen molar-refractivity contribution in [1.82, 2.24) is 25.7 Å². The van der Waals surface area contributed by atoms with E-state index in [1.165, 1.54) is 0 Å². The van der Waals surface area contributed by atoms with Gasteiger partial charge in [-0.15, -0.1) is 0 Å². The van der Waals surface area contributed by atoms with Gasteiger partial charge >= 0.3 is 0 Å². The molecule has 0 saturated heterocycles. The van der Waals surface area contributed by atoms with E-state index in [9.17, 15) is 0 Å². The average molecular weight is 246 g/mol. The normalized spacial score (nSPS) is 12.5. The van der Waals surface area contributed by atoms with Gasteiger partial charge in [0.15, 0.2) is 0 Å². The lowest BCUT2D eigenvalue weighted by atomic mass is 10.0. The van der Waals surface area contributed by atoms with Gasteiger partial charge in [0.05, 0.1) is 17.9 Å². The van der Waals surface area contributed by atoms with Gasteiger partial charge in [-0.05, 0) is 31.0 Å². The summed E-state index contributed by atoms with van der Waals surface area (Å²) in [6, 6.07) is 1.92. The Hall–Kier alpha value is -1.95. The molecule has 2 aromatic heterocycles. The molecular weight excluding hydrogens is 228 g/mol. The third-order valence-corrected chi connectivity index (χ3v) is 2.80. The molecule has 0 aliphatic carbocycles. The molecule has 2 rings (SSSR count). The molecule has 1 unspecified atom stereocenters. The van der Waals surface area contributed by atoms with Crippen molar-refractivity contribution < 1.29 is 0 Å². The number of H-pyrrole nitrogens is 1. The van der Waals surface area contributed by atoms with Gasteiger partial charge in [0.1, 0.15) is 0 Å². The minimum Gasteiger partial charge on any atom is -0.398 e. The van der Waals surface area contributed by atoms with Crippen LogP contribution < -0.4 is 11.1 Å². The molecule has 0 bridgehead atoms. The molecular formula is C12H18N6. The first-order chi connectivity index (χ1) is 8.81. The molecule has 1 atom stereocenters. The molecule has 0 saturated carbocycles. The minimum absolute atomic E-state index is 0.107. The number of anilines is 1. The molecule has 0 aliphatic rings. The van der Waals surface area contributed by atoms with Crippen LogP contribution in [0.4, 0.5) is 5.69 Å². The zero-order valence-corrected chi connectivity index (χ0v) is 10.4. The van der Waals surface area contributed by atoms with Gasteiger partial charge in [-0.1, -0.05) is 6.92 Å². The van der Waals surface area contributed by atoms with Crippen molar-refractivity contribution in [2.24, 2.45) is 0 Å². The molecule has 96 valence electrons. The molecule has 6 heteroatoms. The van der Waals surface area contributed by atoms with E-state index in [4.69, 9.17) is 5.73 Å². The summed E-state index contributed by atoms with van der Waals surface area (Å²) in [6.45, 7) is 3.06. The van der Waals surface area contributed by atoms with E-state index in [1.807, 2.05) is 6.07 Å². The molecule has 0 amide bonds. The van der Waals surface area contributed by atoms with Crippen LogP contribution in [0.25, 0.3) is 0 Å². The number of aromatic nitrogens is 4. The van der Waals surface area contributed by atoms with Crippen LogP contribution in [-0.2, 0) is 6.42 Å². The number of rotatable bonds is 6. The predicted molar refractivity (Wildman–Crippen MR) is 69.8 cm³/mol. The fourth-order valence-electron chi connectivity index (χ4n) is 1.81. The third-order valence-electron chi connectivity index (χ3n) is 2.80. The van der Waals surface area contributed by atoms with E-state index in [0.717, 1.165) is 36.3 Å². The molecule has 0 spiro atoms. The van der Waals surface area contributed by atoms with E-state index < -0.39 is 0 Å². The number of pyridine rings is 1. The summed E-state index contributed by atoms with van der Waals surface area (Å²) in [5.41, 5.74) is 8.62. The Balaban J connectivity index is 2.13. The Morgan fingerprint density at radius 1 is 1.44 bits per heavy atom. The number of nitrogens with one attached hydrogen (secondary N) is 2. The van der Waals surface area contributed by atoms with Crippen molar-refractivity contribution in [2.45, 2.75) is 25.8 Å². The van der Waals surface area contributed by atoms with Crippen LogP contribution in [0.1, 0.15) is 30.6 Å². The molecule has 0 aliphatic heterocycles. The Morgan fingerprint density at radius 3 is 3.00 bits per heavy atom. The number of nitrogens with two attached hydrogens (primary N) is 1. The lowest BCUT2D eigenvalue weighted by molar-refractivity contribution is 0.517. The zero-order valence-electron chi connectivity index (χ0n) is 10.4. The predicted octanol–water partition coefficient (Wildman–Crippen LogP) is 1.07. The van der Waals surface area contributed by atoms with Crippen molar-refractivity contribution in [3.8, 4) is 0 Å². The fraction of sp³-hybridized carbons (Fsp3) is 0.417. The lowest BCUT2D eigenvalue weighted by Gasteiger charge is -2.16. The fourth-order valence-corrected chi connectivity index (χ4v) is 1.81. The van der Waals surface area contributed by atoms with E-state index in [-0.39, 0.29) is 6.04 Å². The summed E-state index contributed by atoms with van der Waals surface area (Å²) in [6.07, 6.45) is 7.06. The van der Waals surface area contributed by atoms with E-state index in [2.05, 4.69) is 32.6 Å². The van der Waals surface area contributed by atoms with Gasteiger partial charge in [-0.2, -0.15) is 15.4 Å². The maximum atomic E-state index is 5.94. The molecule has 0 fully saturated rings. The summed E-state index contributed by atoms with van der Waals surface area (Å²) in [4.78, 5) is 4.11. The molecule has 0 aromatic carbocycles. The lowest BCUT2D eigenvalue weighted by Crippen LogP contribution is -2.24. The maximum absolute atomic E-state index is 5.94. The number of nitrogens with zero attached hydrogens (tertiary/aromatic N) is 3. The molecule has 2 heterocycles. The van der Waals surface area contributed by atoms with Crippen LogP contribution in [0.5, 0.6) is 0 Å². The van der Waals surface area contributed by atoms with E-state index in [0.29, 0.717) is 0 Å². The summed E-state index contributed by atoms with van der Waals surface area (Å²) < 4.78 is 0. The van der Waals surface area contributed by atoms with Crippen molar-refractivity contribution >= 4 is 5.69 Å². The van der Waals surface area contributed by atoms with Crippen molar-refractivity contribution in [2.75, 3.05) is 12.3 Å². The Bertz CT molecular complexity index is 467. The van der Waals surface area contributed by atoms with Crippen LogP contribution in [0.15, 0.2) is 24.7 Å². The number of hydrogen-bond acceptors (Lipinski definition) is 5. The molecule has 6 nitrogen and oxygen atoms in total. The second-order valence-electron chi connectivity index (χ2n) is 4.18. The van der Waals surface area contributed by atoms with Gasteiger partial charge in [0.2, 0.25) is 0 Å².